The number of benzene rings is 1. The maximum absolute atomic E-state index is 12.8. The number of aromatic nitrogens is 1. The van der Waals surface area contributed by atoms with Gasteiger partial charge in [-0.2, -0.15) is 0 Å². The van der Waals surface area contributed by atoms with Gasteiger partial charge >= 0.3 is 0 Å². The van der Waals surface area contributed by atoms with Gasteiger partial charge in [0.2, 0.25) is 0 Å². The first-order chi connectivity index (χ1) is 13.1. The summed E-state index contributed by atoms with van der Waals surface area (Å²) >= 11 is 0. The molecule has 1 aromatic heterocycles. The Bertz CT molecular complexity index is 836. The molecule has 27 heavy (non-hydrogen) atoms. The van der Waals surface area contributed by atoms with Crippen LogP contribution in [-0.4, -0.2) is 53.2 Å². The number of aromatic amines is 1. The lowest BCUT2D eigenvalue weighted by molar-refractivity contribution is 0.0787. The molecule has 0 radical (unpaired) electrons. The van der Waals surface area contributed by atoms with Crippen molar-refractivity contribution in [2.24, 2.45) is 0 Å². The van der Waals surface area contributed by atoms with Crippen molar-refractivity contribution in [2.75, 3.05) is 26.7 Å². The van der Waals surface area contributed by atoms with Crippen LogP contribution in [0.2, 0.25) is 0 Å². The van der Waals surface area contributed by atoms with Crippen molar-refractivity contribution in [3.8, 4) is 0 Å². The van der Waals surface area contributed by atoms with Gasteiger partial charge in [0.15, 0.2) is 5.78 Å². The van der Waals surface area contributed by atoms with Crippen molar-refractivity contribution in [1.82, 2.24) is 14.8 Å². The first-order valence-corrected chi connectivity index (χ1v) is 9.92. The van der Waals surface area contributed by atoms with Crippen molar-refractivity contribution < 1.29 is 9.59 Å². The van der Waals surface area contributed by atoms with Gasteiger partial charge in [0, 0.05) is 30.9 Å². The number of H-pyrrole nitrogens is 1. The topological polar surface area (TPSA) is 56.4 Å². The summed E-state index contributed by atoms with van der Waals surface area (Å²) in [6, 6.07) is 10.5. The SMILES string of the molecule is CN(CC(=O)c1c[nH]c(C(=O)N2CCCC2)c1)[C@H]1CCCc2ccccc21. The van der Waals surface area contributed by atoms with Crippen LogP contribution in [0.5, 0.6) is 0 Å². The molecule has 1 amide bonds. The van der Waals surface area contributed by atoms with Crippen molar-refractivity contribution in [3.05, 3.63) is 58.9 Å². The van der Waals surface area contributed by atoms with Crippen molar-refractivity contribution in [1.29, 1.82) is 0 Å². The second-order valence-corrected chi connectivity index (χ2v) is 7.75. The molecule has 1 atom stereocenters. The third-order valence-electron chi connectivity index (χ3n) is 5.89. The molecule has 1 aromatic carbocycles. The number of carbonyl (C=O) groups is 2. The predicted octanol–water partition coefficient (Wildman–Crippen LogP) is 3.44. The first-order valence-electron chi connectivity index (χ1n) is 9.92. The maximum atomic E-state index is 12.8. The lowest BCUT2D eigenvalue weighted by Crippen LogP contribution is -2.32. The molecule has 2 aromatic rings. The first kappa shape index (κ1) is 18.0. The number of likely N-dealkylation sites (N-methyl/N-ethyl adjacent to an activating group) is 1. The fourth-order valence-corrected chi connectivity index (χ4v) is 4.38. The predicted molar refractivity (Wildman–Crippen MR) is 105 cm³/mol. The Balaban J connectivity index is 1.43. The Hall–Kier alpha value is -2.40. The molecule has 1 saturated heterocycles. The van der Waals surface area contributed by atoms with Gasteiger partial charge in [-0.1, -0.05) is 24.3 Å². The number of rotatable bonds is 5. The molecule has 142 valence electrons. The fraction of sp³-hybridized carbons (Fsp3) is 0.455. The number of likely N-dealkylation sites (tertiary alicyclic amines) is 1. The third kappa shape index (κ3) is 3.69. The smallest absolute Gasteiger partial charge is 0.270 e. The van der Waals surface area contributed by atoms with E-state index in [1.807, 2.05) is 11.9 Å². The average molecular weight is 365 g/mol. The van der Waals surface area contributed by atoms with E-state index >= 15 is 0 Å². The van der Waals surface area contributed by atoms with E-state index in [2.05, 4.69) is 34.1 Å². The Morgan fingerprint density at radius 3 is 2.78 bits per heavy atom. The number of amides is 1. The van der Waals surface area contributed by atoms with Crippen LogP contribution in [0.4, 0.5) is 0 Å². The van der Waals surface area contributed by atoms with E-state index in [1.54, 1.807) is 12.3 Å². The zero-order chi connectivity index (χ0) is 18.8. The largest absolute Gasteiger partial charge is 0.356 e. The highest BCUT2D eigenvalue weighted by Crippen LogP contribution is 2.33. The molecule has 5 heteroatoms. The van der Waals surface area contributed by atoms with Crippen LogP contribution in [0.1, 0.15) is 63.7 Å². The summed E-state index contributed by atoms with van der Waals surface area (Å²) in [6.07, 6.45) is 7.14. The fourth-order valence-electron chi connectivity index (χ4n) is 4.38. The van der Waals surface area contributed by atoms with Gasteiger partial charge in [0.1, 0.15) is 5.69 Å². The number of Topliss-reactive ketones (excluding diaryl/α,β-unsaturated/α-hetero) is 1. The molecule has 2 heterocycles. The van der Waals surface area contributed by atoms with E-state index < -0.39 is 0 Å². The van der Waals surface area contributed by atoms with Gasteiger partial charge < -0.3 is 9.88 Å². The summed E-state index contributed by atoms with van der Waals surface area (Å²) < 4.78 is 0. The van der Waals surface area contributed by atoms with E-state index in [1.165, 1.54) is 11.1 Å². The molecular weight excluding hydrogens is 338 g/mol. The molecule has 4 rings (SSSR count). The molecule has 0 saturated carbocycles. The lowest BCUT2D eigenvalue weighted by Gasteiger charge is -2.32. The normalized spacial score (nSPS) is 19.3. The summed E-state index contributed by atoms with van der Waals surface area (Å²) in [5.41, 5.74) is 3.85. The second kappa shape index (κ2) is 7.69. The summed E-state index contributed by atoms with van der Waals surface area (Å²) in [5, 5.41) is 0. The average Bonchev–Trinajstić information content (AvgIpc) is 3.39. The van der Waals surface area contributed by atoms with Crippen LogP contribution in [0.3, 0.4) is 0 Å². The minimum absolute atomic E-state index is 0.00103. The zero-order valence-corrected chi connectivity index (χ0v) is 15.9. The molecule has 1 N–H and O–H groups in total. The monoisotopic (exact) mass is 365 g/mol. The molecule has 0 unspecified atom stereocenters. The molecule has 5 nitrogen and oxygen atoms in total. The summed E-state index contributed by atoms with van der Waals surface area (Å²) in [7, 11) is 2.02. The van der Waals surface area contributed by atoms with Crippen LogP contribution in [0, 0.1) is 0 Å². The molecule has 1 aliphatic carbocycles. The molecule has 0 spiro atoms. The summed E-state index contributed by atoms with van der Waals surface area (Å²) in [4.78, 5) is 32.2. The molecule has 1 fully saturated rings. The Labute approximate surface area is 160 Å². The second-order valence-electron chi connectivity index (χ2n) is 7.75. The minimum Gasteiger partial charge on any atom is -0.356 e. The number of carbonyl (C=O) groups excluding carboxylic acids is 2. The standard InChI is InChI=1S/C22H27N3O2/c1-24(20-10-6-8-16-7-2-3-9-18(16)20)15-21(26)17-13-19(23-14-17)22(27)25-11-4-5-12-25/h2-3,7,9,13-14,20,23H,4-6,8,10-12,15H2,1H3/t20-/m0/s1. The van der Waals surface area contributed by atoms with Gasteiger partial charge in [-0.05, 0) is 56.3 Å². The van der Waals surface area contributed by atoms with E-state index in [9.17, 15) is 9.59 Å². The van der Waals surface area contributed by atoms with Crippen LogP contribution in [0.15, 0.2) is 36.5 Å². The van der Waals surface area contributed by atoms with Gasteiger partial charge in [0.25, 0.3) is 5.91 Å². The van der Waals surface area contributed by atoms with Gasteiger partial charge in [-0.25, -0.2) is 0 Å². The quantitative estimate of drug-likeness (QED) is 0.826. The number of nitrogens with one attached hydrogen (secondary N) is 1. The minimum atomic E-state index is 0.00103. The molecule has 2 aliphatic rings. The van der Waals surface area contributed by atoms with Gasteiger partial charge in [-0.3, -0.25) is 14.5 Å². The highest BCUT2D eigenvalue weighted by Gasteiger charge is 2.26. The number of fused-ring (bicyclic) bond motifs is 1. The maximum Gasteiger partial charge on any atom is 0.270 e. The lowest BCUT2D eigenvalue weighted by atomic mass is 9.87. The summed E-state index contributed by atoms with van der Waals surface area (Å²) in [6.45, 7) is 1.98. The number of aryl methyl sites for hydroxylation is 1. The highest BCUT2D eigenvalue weighted by atomic mass is 16.2. The van der Waals surface area contributed by atoms with E-state index in [4.69, 9.17) is 0 Å². The third-order valence-corrected chi connectivity index (χ3v) is 5.89. The van der Waals surface area contributed by atoms with Crippen molar-refractivity contribution in [2.45, 2.75) is 38.1 Å². The molecule has 0 bridgehead atoms. The Morgan fingerprint density at radius 2 is 1.96 bits per heavy atom. The number of hydrogen-bond acceptors (Lipinski definition) is 3. The number of ketones is 1. The number of hydrogen-bond donors (Lipinski definition) is 1. The molecule has 1 aliphatic heterocycles. The van der Waals surface area contributed by atoms with Crippen LogP contribution in [-0.2, 0) is 6.42 Å². The van der Waals surface area contributed by atoms with E-state index in [-0.39, 0.29) is 17.7 Å². The van der Waals surface area contributed by atoms with Crippen LogP contribution in [0.25, 0.3) is 0 Å². The van der Waals surface area contributed by atoms with Crippen LogP contribution >= 0.6 is 0 Å². The van der Waals surface area contributed by atoms with Crippen molar-refractivity contribution in [3.63, 3.8) is 0 Å². The number of nitrogens with zero attached hydrogens (tertiary/aromatic N) is 2. The highest BCUT2D eigenvalue weighted by molar-refractivity contribution is 6.01. The Kier molecular flexibility index (Phi) is 5.12. The molecular formula is C22H27N3O2. The zero-order valence-electron chi connectivity index (χ0n) is 15.9. The van der Waals surface area contributed by atoms with E-state index in [0.717, 1.165) is 45.2 Å². The van der Waals surface area contributed by atoms with Crippen LogP contribution < -0.4 is 0 Å². The van der Waals surface area contributed by atoms with Gasteiger partial charge in [0.05, 0.1) is 6.54 Å². The van der Waals surface area contributed by atoms with E-state index in [0.29, 0.717) is 17.8 Å². The summed E-state index contributed by atoms with van der Waals surface area (Å²) in [5.74, 6) is 0.0541. The van der Waals surface area contributed by atoms with Crippen molar-refractivity contribution >= 4 is 11.7 Å². The van der Waals surface area contributed by atoms with Gasteiger partial charge in [-0.15, -0.1) is 0 Å². The Morgan fingerprint density at radius 1 is 1.19 bits per heavy atom.